The predicted molar refractivity (Wildman–Crippen MR) is 91.6 cm³/mol. The maximum Gasteiger partial charge on any atom is 0.310 e. The molecule has 0 spiro atoms. The van der Waals surface area contributed by atoms with Crippen molar-refractivity contribution in [3.8, 4) is 0 Å². The van der Waals surface area contributed by atoms with Crippen LogP contribution >= 0.6 is 11.3 Å². The van der Waals surface area contributed by atoms with Crippen LogP contribution in [0.4, 0.5) is 0 Å². The number of hydrogen-bond acceptors (Lipinski definition) is 7. The molecule has 9 heteroatoms. The molecule has 136 valence electrons. The summed E-state index contributed by atoms with van der Waals surface area (Å²) in [4.78, 5) is 16.5. The molecule has 1 aliphatic heterocycles. The molecule has 0 amide bonds. The number of carbonyl (C=O) groups is 1. The van der Waals surface area contributed by atoms with E-state index in [1.165, 1.54) is 15.6 Å². The molecule has 3 heterocycles. The Kier molecular flexibility index (Phi) is 5.26. The monoisotopic (exact) mass is 384 g/mol. The van der Waals surface area contributed by atoms with Gasteiger partial charge in [0.2, 0.25) is 5.89 Å². The van der Waals surface area contributed by atoms with Gasteiger partial charge in [-0.25, -0.2) is 13.4 Å². The van der Waals surface area contributed by atoms with Crippen LogP contribution in [0, 0.1) is 19.8 Å². The lowest BCUT2D eigenvalue weighted by Gasteiger charge is -2.30. The number of thiophene rings is 1. The summed E-state index contributed by atoms with van der Waals surface area (Å²) < 4.78 is 37.5. The van der Waals surface area contributed by atoms with Crippen LogP contribution in [0.2, 0.25) is 0 Å². The van der Waals surface area contributed by atoms with E-state index in [0.29, 0.717) is 35.2 Å². The lowest BCUT2D eigenvalue weighted by Crippen LogP contribution is -2.42. The second kappa shape index (κ2) is 7.27. The largest absolute Gasteiger partial charge is 0.455 e. The molecule has 1 aliphatic rings. The summed E-state index contributed by atoms with van der Waals surface area (Å²) in [6.07, 6.45) is 1.24. The van der Waals surface area contributed by atoms with Gasteiger partial charge in [-0.2, -0.15) is 4.31 Å². The molecule has 0 N–H and O–H groups in total. The number of rotatable bonds is 5. The first-order chi connectivity index (χ1) is 11.9. The second-order valence-corrected chi connectivity index (χ2v) is 9.10. The molecular weight excluding hydrogens is 364 g/mol. The van der Waals surface area contributed by atoms with E-state index < -0.39 is 21.9 Å². The summed E-state index contributed by atoms with van der Waals surface area (Å²) in [5.41, 5.74) is 0.761. The van der Waals surface area contributed by atoms with Crippen LogP contribution in [-0.2, 0) is 26.2 Å². The highest BCUT2D eigenvalue weighted by molar-refractivity contribution is 7.91. The van der Waals surface area contributed by atoms with E-state index in [-0.39, 0.29) is 13.2 Å². The summed E-state index contributed by atoms with van der Waals surface area (Å²) in [5.74, 6) is 0.152. The van der Waals surface area contributed by atoms with Crippen LogP contribution in [0.1, 0.15) is 30.2 Å². The van der Waals surface area contributed by atoms with Crippen LogP contribution in [0.3, 0.4) is 0 Å². The van der Waals surface area contributed by atoms with Crippen molar-refractivity contribution in [2.24, 2.45) is 5.92 Å². The molecule has 2 aromatic rings. The molecule has 1 atom stereocenters. The van der Waals surface area contributed by atoms with E-state index in [4.69, 9.17) is 9.15 Å². The van der Waals surface area contributed by atoms with E-state index in [9.17, 15) is 13.2 Å². The SMILES string of the molecule is Cc1nc(COC(=O)C2CCCN(S(=O)(=O)c3cccs3)C2)oc1C. The third-order valence-electron chi connectivity index (χ3n) is 4.22. The minimum absolute atomic E-state index is 0.0400. The van der Waals surface area contributed by atoms with Crippen molar-refractivity contribution in [1.82, 2.24) is 9.29 Å². The first kappa shape index (κ1) is 18.1. The van der Waals surface area contributed by atoms with Crippen LogP contribution in [0.15, 0.2) is 26.1 Å². The van der Waals surface area contributed by atoms with Gasteiger partial charge in [-0.3, -0.25) is 4.79 Å². The van der Waals surface area contributed by atoms with Crippen molar-refractivity contribution in [3.63, 3.8) is 0 Å². The van der Waals surface area contributed by atoms with E-state index in [0.717, 1.165) is 5.69 Å². The highest BCUT2D eigenvalue weighted by Gasteiger charge is 2.34. The zero-order chi connectivity index (χ0) is 18.0. The summed E-state index contributed by atoms with van der Waals surface area (Å²) in [6, 6.07) is 3.28. The van der Waals surface area contributed by atoms with Gasteiger partial charge in [0, 0.05) is 13.1 Å². The Balaban J connectivity index is 1.62. The number of carbonyl (C=O) groups excluding carboxylic acids is 1. The van der Waals surface area contributed by atoms with Crippen molar-refractivity contribution in [2.75, 3.05) is 13.1 Å². The molecule has 0 aromatic carbocycles. The average molecular weight is 384 g/mol. The molecule has 0 saturated carbocycles. The number of sulfonamides is 1. The van der Waals surface area contributed by atoms with Crippen molar-refractivity contribution >= 4 is 27.3 Å². The zero-order valence-electron chi connectivity index (χ0n) is 14.1. The molecule has 1 saturated heterocycles. The molecule has 25 heavy (non-hydrogen) atoms. The van der Waals surface area contributed by atoms with Crippen molar-refractivity contribution in [1.29, 1.82) is 0 Å². The first-order valence-corrected chi connectivity index (χ1v) is 10.3. The van der Waals surface area contributed by atoms with Gasteiger partial charge in [-0.15, -0.1) is 11.3 Å². The Morgan fingerprint density at radius 1 is 1.48 bits per heavy atom. The topological polar surface area (TPSA) is 89.7 Å². The first-order valence-electron chi connectivity index (χ1n) is 8.01. The number of oxazole rings is 1. The van der Waals surface area contributed by atoms with Gasteiger partial charge in [-0.1, -0.05) is 6.07 Å². The molecular formula is C16H20N2O5S2. The molecule has 7 nitrogen and oxygen atoms in total. The molecule has 1 fully saturated rings. The Labute approximate surface area is 150 Å². The third kappa shape index (κ3) is 3.94. The Hall–Kier alpha value is -1.71. The highest BCUT2D eigenvalue weighted by Crippen LogP contribution is 2.27. The van der Waals surface area contributed by atoms with E-state index in [2.05, 4.69) is 4.98 Å². The average Bonchev–Trinajstić information content (AvgIpc) is 3.24. The smallest absolute Gasteiger partial charge is 0.310 e. The van der Waals surface area contributed by atoms with Crippen molar-refractivity contribution in [3.05, 3.63) is 34.9 Å². The minimum atomic E-state index is -3.54. The number of aromatic nitrogens is 1. The fourth-order valence-electron chi connectivity index (χ4n) is 2.74. The van der Waals surface area contributed by atoms with Gasteiger partial charge in [0.1, 0.15) is 9.97 Å². The van der Waals surface area contributed by atoms with Gasteiger partial charge in [0.25, 0.3) is 10.0 Å². The van der Waals surface area contributed by atoms with Gasteiger partial charge in [0.05, 0.1) is 11.6 Å². The van der Waals surface area contributed by atoms with Crippen LogP contribution in [-0.4, -0.2) is 36.8 Å². The highest BCUT2D eigenvalue weighted by atomic mass is 32.2. The lowest BCUT2D eigenvalue weighted by molar-refractivity contribution is -0.151. The second-order valence-electron chi connectivity index (χ2n) is 5.99. The summed E-state index contributed by atoms with van der Waals surface area (Å²) in [7, 11) is -3.54. The number of esters is 1. The summed E-state index contributed by atoms with van der Waals surface area (Å²) in [5, 5.41) is 1.73. The van der Waals surface area contributed by atoms with E-state index in [1.54, 1.807) is 24.4 Å². The standard InChI is InChI=1S/C16H20N2O5S2/c1-11-12(2)23-14(17-11)10-22-16(19)13-5-3-7-18(9-13)25(20,21)15-6-4-8-24-15/h4,6,8,13H,3,5,7,9-10H2,1-2H3. The molecule has 3 rings (SSSR count). The normalized spacial score (nSPS) is 19.0. The maximum absolute atomic E-state index is 12.6. The molecule has 0 bridgehead atoms. The maximum atomic E-state index is 12.6. The molecule has 0 radical (unpaired) electrons. The Morgan fingerprint density at radius 2 is 2.28 bits per heavy atom. The summed E-state index contributed by atoms with van der Waals surface area (Å²) in [6.45, 7) is 4.13. The van der Waals surface area contributed by atoms with Crippen LogP contribution in [0.25, 0.3) is 0 Å². The van der Waals surface area contributed by atoms with Gasteiger partial charge in [0.15, 0.2) is 6.61 Å². The fraction of sp³-hybridized carbons (Fsp3) is 0.500. The molecule has 2 aromatic heterocycles. The lowest BCUT2D eigenvalue weighted by atomic mass is 10.0. The van der Waals surface area contributed by atoms with Crippen LogP contribution < -0.4 is 0 Å². The number of ether oxygens (including phenoxy) is 1. The van der Waals surface area contributed by atoms with E-state index in [1.807, 2.05) is 6.92 Å². The van der Waals surface area contributed by atoms with Crippen molar-refractivity contribution < 1.29 is 22.4 Å². The number of piperidine rings is 1. The predicted octanol–water partition coefficient (Wildman–Crippen LogP) is 2.50. The third-order valence-corrected chi connectivity index (χ3v) is 7.46. The van der Waals surface area contributed by atoms with Gasteiger partial charge < -0.3 is 9.15 Å². The number of hydrogen-bond donors (Lipinski definition) is 0. The van der Waals surface area contributed by atoms with Gasteiger partial charge in [-0.05, 0) is 38.1 Å². The zero-order valence-corrected chi connectivity index (χ0v) is 15.7. The number of aryl methyl sites for hydroxylation is 2. The van der Waals surface area contributed by atoms with Crippen molar-refractivity contribution in [2.45, 2.75) is 37.5 Å². The molecule has 1 unspecified atom stereocenters. The Bertz CT molecular complexity index is 823. The minimum Gasteiger partial charge on any atom is -0.455 e. The van der Waals surface area contributed by atoms with Gasteiger partial charge >= 0.3 is 5.97 Å². The molecule has 0 aliphatic carbocycles. The number of nitrogens with zero attached hydrogens (tertiary/aromatic N) is 2. The van der Waals surface area contributed by atoms with E-state index >= 15 is 0 Å². The quantitative estimate of drug-likeness (QED) is 0.736. The Morgan fingerprint density at radius 3 is 2.92 bits per heavy atom. The fourth-order valence-corrected chi connectivity index (χ4v) is 5.41. The summed E-state index contributed by atoms with van der Waals surface area (Å²) >= 11 is 1.18. The van der Waals surface area contributed by atoms with Crippen LogP contribution in [0.5, 0.6) is 0 Å².